The Kier molecular flexibility index (Phi) is 3.78. The fourth-order valence-electron chi connectivity index (χ4n) is 2.07. The van der Waals surface area contributed by atoms with E-state index in [1.54, 1.807) is 23.5 Å². The highest BCUT2D eigenvalue weighted by Crippen LogP contribution is 2.34. The maximum atomic E-state index is 13.8. The molecule has 3 aromatic rings. The monoisotopic (exact) mass is 322 g/mol. The summed E-state index contributed by atoms with van der Waals surface area (Å²) in [5.41, 5.74) is 1.42. The van der Waals surface area contributed by atoms with E-state index in [4.69, 9.17) is 16.3 Å². The van der Waals surface area contributed by atoms with Gasteiger partial charge < -0.3 is 4.74 Å². The highest BCUT2D eigenvalue weighted by Gasteiger charge is 2.14. The topological polar surface area (TPSA) is 35.0 Å². The highest BCUT2D eigenvalue weighted by molar-refractivity contribution is 7.18. The van der Waals surface area contributed by atoms with Crippen LogP contribution in [0.4, 0.5) is 4.39 Å². The van der Waals surface area contributed by atoms with Crippen LogP contribution in [0.1, 0.15) is 16.0 Å². The second-order valence-corrected chi connectivity index (χ2v) is 6.24. The van der Waals surface area contributed by atoms with Crippen molar-refractivity contribution in [1.82, 2.24) is 9.97 Å². The van der Waals surface area contributed by atoms with Crippen molar-refractivity contribution in [2.75, 3.05) is 0 Å². The van der Waals surface area contributed by atoms with Crippen LogP contribution in [-0.4, -0.2) is 9.97 Å². The van der Waals surface area contributed by atoms with Gasteiger partial charge in [0.05, 0.1) is 10.4 Å². The molecule has 0 spiro atoms. The number of halogens is 2. The Balaban J connectivity index is 1.96. The number of hydrogen-bond donors (Lipinski definition) is 0. The molecule has 0 atom stereocenters. The molecule has 0 aliphatic heterocycles. The molecule has 0 aliphatic carbocycles. The molecule has 3 nitrogen and oxygen atoms in total. The third-order valence-corrected chi connectivity index (χ3v) is 4.81. The Morgan fingerprint density at radius 2 is 2.10 bits per heavy atom. The Morgan fingerprint density at radius 1 is 1.29 bits per heavy atom. The van der Waals surface area contributed by atoms with Gasteiger partial charge in [-0.2, -0.15) is 0 Å². The van der Waals surface area contributed by atoms with E-state index < -0.39 is 0 Å². The smallest absolute Gasteiger partial charge is 0.225 e. The van der Waals surface area contributed by atoms with E-state index in [-0.39, 0.29) is 12.4 Å². The second kappa shape index (κ2) is 5.58. The van der Waals surface area contributed by atoms with Gasteiger partial charge in [0.2, 0.25) is 5.88 Å². The van der Waals surface area contributed by atoms with Crippen molar-refractivity contribution in [3.05, 3.63) is 51.4 Å². The third-order valence-electron chi connectivity index (χ3n) is 3.35. The van der Waals surface area contributed by atoms with Crippen LogP contribution >= 0.6 is 22.9 Å². The molecule has 2 heterocycles. The number of aromatic nitrogens is 2. The predicted molar refractivity (Wildman–Crippen MR) is 82.6 cm³/mol. The van der Waals surface area contributed by atoms with Gasteiger partial charge in [0, 0.05) is 10.4 Å². The lowest BCUT2D eigenvalue weighted by Gasteiger charge is -2.09. The summed E-state index contributed by atoms with van der Waals surface area (Å²) in [6.07, 6.45) is 1.45. The lowest BCUT2D eigenvalue weighted by Crippen LogP contribution is -2.01. The molecule has 0 amide bonds. The number of hydrogen-bond acceptors (Lipinski definition) is 4. The molecule has 0 aliphatic rings. The lowest BCUT2D eigenvalue weighted by molar-refractivity contribution is 0.291. The number of fused-ring (bicyclic) bond motifs is 1. The quantitative estimate of drug-likeness (QED) is 0.702. The van der Waals surface area contributed by atoms with E-state index in [9.17, 15) is 4.39 Å². The molecule has 0 N–H and O–H groups in total. The van der Waals surface area contributed by atoms with Crippen LogP contribution in [0.5, 0.6) is 5.88 Å². The fourth-order valence-corrected chi connectivity index (χ4v) is 3.28. The Bertz CT molecular complexity index is 799. The summed E-state index contributed by atoms with van der Waals surface area (Å²) in [7, 11) is 0. The molecule has 0 bridgehead atoms. The van der Waals surface area contributed by atoms with Crippen molar-refractivity contribution in [3.8, 4) is 5.88 Å². The zero-order valence-electron chi connectivity index (χ0n) is 11.5. The van der Waals surface area contributed by atoms with Gasteiger partial charge in [-0.05, 0) is 31.5 Å². The third kappa shape index (κ3) is 2.59. The summed E-state index contributed by atoms with van der Waals surface area (Å²) in [5.74, 6) is 0.0761. The maximum absolute atomic E-state index is 13.8. The lowest BCUT2D eigenvalue weighted by atomic mass is 10.2. The highest BCUT2D eigenvalue weighted by atomic mass is 35.5. The summed E-state index contributed by atoms with van der Waals surface area (Å²) in [6, 6.07) is 4.56. The van der Waals surface area contributed by atoms with Gasteiger partial charge in [-0.25, -0.2) is 14.4 Å². The van der Waals surface area contributed by atoms with Crippen molar-refractivity contribution in [2.24, 2.45) is 0 Å². The summed E-state index contributed by atoms with van der Waals surface area (Å²) in [6.45, 7) is 4.06. The number of benzene rings is 1. The molecule has 0 radical (unpaired) electrons. The second-order valence-electron chi connectivity index (χ2n) is 4.63. The van der Waals surface area contributed by atoms with E-state index in [1.807, 2.05) is 13.8 Å². The summed E-state index contributed by atoms with van der Waals surface area (Å²) >= 11 is 7.59. The van der Waals surface area contributed by atoms with Crippen molar-refractivity contribution in [1.29, 1.82) is 0 Å². The fraction of sp³-hybridized carbons (Fsp3) is 0.200. The Labute approximate surface area is 130 Å². The van der Waals surface area contributed by atoms with E-state index in [0.717, 1.165) is 15.8 Å². The van der Waals surface area contributed by atoms with Gasteiger partial charge >= 0.3 is 0 Å². The van der Waals surface area contributed by atoms with Gasteiger partial charge in [-0.15, -0.1) is 11.3 Å². The van der Waals surface area contributed by atoms with Crippen LogP contribution < -0.4 is 4.74 Å². The minimum absolute atomic E-state index is 0.0337. The van der Waals surface area contributed by atoms with Crippen LogP contribution in [0.25, 0.3) is 10.2 Å². The average Bonchev–Trinajstić information content (AvgIpc) is 2.74. The molecule has 0 saturated heterocycles. The average molecular weight is 323 g/mol. The van der Waals surface area contributed by atoms with Crippen LogP contribution in [0.3, 0.4) is 0 Å². The van der Waals surface area contributed by atoms with Crippen LogP contribution in [-0.2, 0) is 6.61 Å². The number of thiophene rings is 1. The molecule has 21 heavy (non-hydrogen) atoms. The first-order valence-corrected chi connectivity index (χ1v) is 7.53. The van der Waals surface area contributed by atoms with Crippen molar-refractivity contribution in [2.45, 2.75) is 20.5 Å². The van der Waals surface area contributed by atoms with Crippen molar-refractivity contribution < 1.29 is 9.13 Å². The number of ether oxygens (including phenoxy) is 1. The normalized spacial score (nSPS) is 11.0. The van der Waals surface area contributed by atoms with E-state index in [0.29, 0.717) is 16.5 Å². The first-order chi connectivity index (χ1) is 10.1. The standard InChI is InChI=1S/C15H12ClFN2OS/c1-8-9(2)21-15-13(8)14(18-7-19-15)20-6-10-11(16)4-3-5-12(10)17/h3-5,7H,6H2,1-2H3. The molecule has 6 heteroatoms. The first-order valence-electron chi connectivity index (χ1n) is 6.34. The largest absolute Gasteiger partial charge is 0.472 e. The molecule has 0 saturated carbocycles. The van der Waals surface area contributed by atoms with E-state index in [2.05, 4.69) is 9.97 Å². The summed E-state index contributed by atoms with van der Waals surface area (Å²) in [4.78, 5) is 10.4. The Morgan fingerprint density at radius 3 is 2.86 bits per heavy atom. The summed E-state index contributed by atoms with van der Waals surface area (Å²) < 4.78 is 19.4. The molecular weight excluding hydrogens is 311 g/mol. The van der Waals surface area contributed by atoms with Gasteiger partial charge in [0.15, 0.2) is 0 Å². The zero-order chi connectivity index (χ0) is 15.0. The molecule has 108 valence electrons. The number of nitrogens with zero attached hydrogens (tertiary/aromatic N) is 2. The van der Waals surface area contributed by atoms with Crippen LogP contribution in [0.2, 0.25) is 5.02 Å². The van der Waals surface area contributed by atoms with E-state index >= 15 is 0 Å². The van der Waals surface area contributed by atoms with Crippen molar-refractivity contribution in [3.63, 3.8) is 0 Å². The Hall–Kier alpha value is -1.72. The van der Waals surface area contributed by atoms with Gasteiger partial charge in [-0.1, -0.05) is 17.7 Å². The van der Waals surface area contributed by atoms with E-state index in [1.165, 1.54) is 17.3 Å². The van der Waals surface area contributed by atoms with Crippen LogP contribution in [0, 0.1) is 19.7 Å². The number of aryl methyl sites for hydroxylation is 2. The molecular formula is C15H12ClFN2OS. The molecule has 2 aromatic heterocycles. The minimum atomic E-state index is -0.383. The zero-order valence-corrected chi connectivity index (χ0v) is 13.1. The molecule has 3 rings (SSSR count). The van der Waals surface area contributed by atoms with Crippen molar-refractivity contribution >= 4 is 33.2 Å². The first kappa shape index (κ1) is 14.2. The van der Waals surface area contributed by atoms with Crippen LogP contribution in [0.15, 0.2) is 24.5 Å². The van der Waals surface area contributed by atoms with Gasteiger partial charge in [-0.3, -0.25) is 0 Å². The minimum Gasteiger partial charge on any atom is -0.472 e. The van der Waals surface area contributed by atoms with Gasteiger partial charge in [0.1, 0.15) is 23.6 Å². The maximum Gasteiger partial charge on any atom is 0.225 e. The molecule has 1 aromatic carbocycles. The van der Waals surface area contributed by atoms with Gasteiger partial charge in [0.25, 0.3) is 0 Å². The summed E-state index contributed by atoms with van der Waals surface area (Å²) in [5, 5.41) is 1.23. The molecule has 0 fully saturated rings. The predicted octanol–water partition coefficient (Wildman–Crippen LogP) is 4.68. The SMILES string of the molecule is Cc1sc2ncnc(OCc3c(F)cccc3Cl)c2c1C. The number of rotatable bonds is 3. The molecule has 0 unspecified atom stereocenters.